The number of esters is 1. The van der Waals surface area contributed by atoms with Gasteiger partial charge in [0.05, 0.1) is 29.3 Å². The quantitative estimate of drug-likeness (QED) is 0.146. The van der Waals surface area contributed by atoms with E-state index in [0.29, 0.717) is 44.9 Å². The Morgan fingerprint density at radius 2 is 1.75 bits per heavy atom. The van der Waals surface area contributed by atoms with E-state index in [4.69, 9.17) is 14.2 Å². The fourth-order valence-corrected chi connectivity index (χ4v) is 9.80. The minimum Gasteiger partial charge on any atom is -0.458 e. The van der Waals surface area contributed by atoms with E-state index in [-0.39, 0.29) is 36.8 Å². The average Bonchev–Trinajstić information content (AvgIpc) is 3.48. The van der Waals surface area contributed by atoms with Crippen LogP contribution >= 0.6 is 0 Å². The lowest BCUT2D eigenvalue weighted by Crippen LogP contribution is -2.69. The van der Waals surface area contributed by atoms with Gasteiger partial charge in [0.1, 0.15) is 37.3 Å². The van der Waals surface area contributed by atoms with Gasteiger partial charge in [-0.15, -0.1) is 0 Å². The first-order valence-electron chi connectivity index (χ1n) is 14.7. The van der Waals surface area contributed by atoms with Crippen molar-refractivity contribution in [3.8, 4) is 0 Å². The molecule has 0 radical (unpaired) electrons. The third-order valence-corrected chi connectivity index (χ3v) is 12.0. The molecule has 4 saturated carbocycles. The number of carbonyl (C=O) groups excluding carboxylic acids is 2. The monoisotopic (exact) mass is 566 g/mol. The molecule has 0 amide bonds. The van der Waals surface area contributed by atoms with Crippen molar-refractivity contribution in [2.45, 2.75) is 113 Å². The highest BCUT2D eigenvalue weighted by Gasteiger charge is 2.71. The van der Waals surface area contributed by atoms with E-state index in [2.05, 4.69) is 6.92 Å². The first-order chi connectivity index (χ1) is 18.9. The summed E-state index contributed by atoms with van der Waals surface area (Å²) in [4.78, 5) is 24.8. The SMILES string of the molecule is C[C@]12CC[C@H]3[C@@H](CC[C@]4(O)C[C@@H](O[C@H]5O[C@@H](CO)[C@H](O)[C@@H](O)[C@@H]5O)CC[C@]34C=O)[C@@]1(O)CC[C@@H]2C1=CC(=O)OC1. The zero-order valence-corrected chi connectivity index (χ0v) is 22.9. The molecule has 0 aromatic carbocycles. The number of aliphatic hydroxyl groups excluding tert-OH is 4. The van der Waals surface area contributed by atoms with Crippen molar-refractivity contribution in [3.63, 3.8) is 0 Å². The van der Waals surface area contributed by atoms with Crippen molar-refractivity contribution in [2.24, 2.45) is 28.6 Å². The Morgan fingerprint density at radius 1 is 1.00 bits per heavy atom. The summed E-state index contributed by atoms with van der Waals surface area (Å²) < 4.78 is 16.7. The van der Waals surface area contributed by atoms with Crippen molar-refractivity contribution in [2.75, 3.05) is 13.2 Å². The Bertz CT molecular complexity index is 1060. The summed E-state index contributed by atoms with van der Waals surface area (Å²) in [6, 6.07) is 0. The zero-order chi connectivity index (χ0) is 28.7. The summed E-state index contributed by atoms with van der Waals surface area (Å²) in [6.07, 6.45) is -0.809. The lowest BCUT2D eigenvalue weighted by molar-refractivity contribution is -0.322. The van der Waals surface area contributed by atoms with Gasteiger partial charge in [0.15, 0.2) is 6.29 Å². The van der Waals surface area contributed by atoms with Crippen LogP contribution in [0.3, 0.4) is 0 Å². The molecule has 224 valence electrons. The molecule has 13 atom stereocenters. The van der Waals surface area contributed by atoms with Crippen molar-refractivity contribution in [1.29, 1.82) is 0 Å². The van der Waals surface area contributed by atoms with Crippen LogP contribution in [0.1, 0.15) is 64.7 Å². The molecule has 5 fully saturated rings. The minimum atomic E-state index is -1.57. The Labute approximate surface area is 233 Å². The molecule has 6 rings (SSSR count). The van der Waals surface area contributed by atoms with Crippen LogP contribution in [0, 0.1) is 28.6 Å². The summed E-state index contributed by atoms with van der Waals surface area (Å²) in [5.74, 6) is -0.707. The van der Waals surface area contributed by atoms with E-state index in [1.165, 1.54) is 0 Å². The highest BCUT2D eigenvalue weighted by atomic mass is 16.7. The Hall–Kier alpha value is -1.44. The minimum absolute atomic E-state index is 0.0283. The summed E-state index contributed by atoms with van der Waals surface area (Å²) in [7, 11) is 0. The molecule has 11 heteroatoms. The van der Waals surface area contributed by atoms with Crippen LogP contribution in [0.2, 0.25) is 0 Å². The topological polar surface area (TPSA) is 183 Å². The van der Waals surface area contributed by atoms with Crippen LogP contribution in [-0.2, 0) is 23.8 Å². The van der Waals surface area contributed by atoms with Crippen LogP contribution in [0.25, 0.3) is 0 Å². The fourth-order valence-electron chi connectivity index (χ4n) is 9.80. The van der Waals surface area contributed by atoms with Crippen molar-refractivity contribution in [3.05, 3.63) is 11.6 Å². The maximum absolute atomic E-state index is 13.0. The van der Waals surface area contributed by atoms with Gasteiger partial charge in [0.25, 0.3) is 0 Å². The lowest BCUT2D eigenvalue weighted by Gasteiger charge is -2.65. The third kappa shape index (κ3) is 3.85. The van der Waals surface area contributed by atoms with Crippen molar-refractivity contribution >= 4 is 12.3 Å². The van der Waals surface area contributed by atoms with Gasteiger partial charge in [-0.3, -0.25) is 0 Å². The Balaban J connectivity index is 1.22. The Kier molecular flexibility index (Phi) is 7.03. The summed E-state index contributed by atoms with van der Waals surface area (Å²) in [5.41, 5.74) is -3.01. The van der Waals surface area contributed by atoms with Gasteiger partial charge in [-0.25, -0.2) is 4.79 Å². The summed E-state index contributed by atoms with van der Waals surface area (Å²) in [5, 5.41) is 64.6. The molecule has 2 aliphatic heterocycles. The first kappa shape index (κ1) is 28.7. The highest BCUT2D eigenvalue weighted by molar-refractivity contribution is 5.85. The van der Waals surface area contributed by atoms with E-state index in [1.807, 2.05) is 0 Å². The standard InChI is InChI=1S/C29H42O11/c1-26-6-3-18-19(29(26,37)9-5-17(26)15-10-21(32)38-13-15)4-8-28(36)11-16(2-7-27(18,28)14-31)39-25-24(35)23(34)22(33)20(12-30)40-25/h10,14,16-20,22-25,30,33-37H,2-9,11-13H2,1H3/t16-,17+,18-,19+,20-,22-,23+,24-,25-,26+,27-,28-,29-/m0/s1. The molecule has 0 aromatic rings. The number of hydrogen-bond acceptors (Lipinski definition) is 11. The molecule has 1 saturated heterocycles. The molecule has 11 nitrogen and oxygen atoms in total. The normalized spacial score (nSPS) is 54.1. The van der Waals surface area contributed by atoms with Gasteiger partial charge in [-0.2, -0.15) is 0 Å². The van der Waals surface area contributed by atoms with Crippen LogP contribution in [0.5, 0.6) is 0 Å². The van der Waals surface area contributed by atoms with Crippen molar-refractivity contribution in [1.82, 2.24) is 0 Å². The Morgan fingerprint density at radius 3 is 2.42 bits per heavy atom. The second kappa shape index (κ2) is 9.80. The molecular formula is C29H42O11. The average molecular weight is 567 g/mol. The number of aliphatic hydroxyl groups is 6. The maximum Gasteiger partial charge on any atom is 0.331 e. The van der Waals surface area contributed by atoms with Gasteiger partial charge in [-0.05, 0) is 74.7 Å². The predicted molar refractivity (Wildman–Crippen MR) is 136 cm³/mol. The van der Waals surface area contributed by atoms with Gasteiger partial charge in [-0.1, -0.05) is 6.92 Å². The largest absolute Gasteiger partial charge is 0.458 e. The molecule has 40 heavy (non-hydrogen) atoms. The van der Waals surface area contributed by atoms with Gasteiger partial charge < -0.3 is 49.6 Å². The number of fused-ring (bicyclic) bond motifs is 5. The molecule has 0 spiro atoms. The van der Waals surface area contributed by atoms with E-state index in [9.17, 15) is 40.2 Å². The number of carbonyl (C=O) groups is 2. The van der Waals surface area contributed by atoms with E-state index in [0.717, 1.165) is 18.3 Å². The van der Waals surface area contributed by atoms with E-state index in [1.54, 1.807) is 6.08 Å². The van der Waals surface area contributed by atoms with Gasteiger partial charge >= 0.3 is 5.97 Å². The fraction of sp³-hybridized carbons (Fsp3) is 0.862. The van der Waals surface area contributed by atoms with E-state index >= 15 is 0 Å². The second-order valence-corrected chi connectivity index (χ2v) is 13.4. The number of hydrogen-bond donors (Lipinski definition) is 6. The molecule has 4 aliphatic carbocycles. The van der Waals surface area contributed by atoms with Crippen LogP contribution < -0.4 is 0 Å². The van der Waals surface area contributed by atoms with Gasteiger partial charge in [0, 0.05) is 17.9 Å². The molecule has 2 heterocycles. The molecular weight excluding hydrogens is 524 g/mol. The zero-order valence-electron chi connectivity index (χ0n) is 22.9. The maximum atomic E-state index is 13.0. The van der Waals surface area contributed by atoms with Gasteiger partial charge in [0.2, 0.25) is 0 Å². The second-order valence-electron chi connectivity index (χ2n) is 13.4. The molecule has 0 aromatic heterocycles. The third-order valence-electron chi connectivity index (χ3n) is 12.0. The van der Waals surface area contributed by atoms with Crippen LogP contribution in [0.4, 0.5) is 0 Å². The number of cyclic esters (lactones) is 1. The predicted octanol–water partition coefficient (Wildman–Crippen LogP) is -0.278. The smallest absolute Gasteiger partial charge is 0.331 e. The number of ether oxygens (including phenoxy) is 3. The number of rotatable bonds is 5. The highest BCUT2D eigenvalue weighted by Crippen LogP contribution is 2.70. The first-order valence-corrected chi connectivity index (χ1v) is 14.7. The number of aldehydes is 1. The molecule has 0 bridgehead atoms. The summed E-state index contributed by atoms with van der Waals surface area (Å²) >= 11 is 0. The van der Waals surface area contributed by atoms with Crippen LogP contribution in [0.15, 0.2) is 11.6 Å². The lowest BCUT2D eigenvalue weighted by atomic mass is 9.41. The molecule has 6 N–H and O–H groups in total. The molecule has 6 aliphatic rings. The molecule has 0 unspecified atom stereocenters. The van der Waals surface area contributed by atoms with Crippen LogP contribution in [-0.4, -0.2) is 104 Å². The van der Waals surface area contributed by atoms with Crippen molar-refractivity contribution < 1.29 is 54.4 Å². The van der Waals surface area contributed by atoms with E-state index < -0.39 is 65.4 Å². The summed E-state index contributed by atoms with van der Waals surface area (Å²) in [6.45, 7) is 1.79.